The van der Waals surface area contributed by atoms with Gasteiger partial charge in [0.1, 0.15) is 12.7 Å². The molecular formula is C22H32ClN3O3. The van der Waals surface area contributed by atoms with E-state index in [4.69, 9.17) is 16.7 Å². The van der Waals surface area contributed by atoms with Crippen molar-refractivity contribution < 1.29 is 15.0 Å². The minimum Gasteiger partial charge on any atom is -0.481 e. The van der Waals surface area contributed by atoms with Crippen LogP contribution in [0, 0.1) is 5.41 Å². The molecule has 1 heterocycles. The van der Waals surface area contributed by atoms with Crippen molar-refractivity contribution in [2.75, 3.05) is 0 Å². The summed E-state index contributed by atoms with van der Waals surface area (Å²) in [6.45, 7) is 8.55. The molecule has 2 N–H and O–H groups in total. The molecule has 1 unspecified atom stereocenters. The van der Waals surface area contributed by atoms with Gasteiger partial charge in [0.2, 0.25) is 0 Å². The second kappa shape index (κ2) is 11.7. The van der Waals surface area contributed by atoms with Gasteiger partial charge in [-0.15, -0.1) is 0 Å². The molecule has 1 aromatic heterocycles. The first-order valence-corrected chi connectivity index (χ1v) is 10.1. The normalized spacial score (nSPS) is 13.6. The zero-order chi connectivity index (χ0) is 21.9. The SMILES string of the molecule is CC(C)(C)C(O)(CCc1ccc(Cl)cc1)Cn1cncn1.CC/C=C/CC(=O)O. The first kappa shape index (κ1) is 24.9. The van der Waals surface area contributed by atoms with E-state index >= 15 is 0 Å². The molecule has 6 nitrogen and oxygen atoms in total. The quantitative estimate of drug-likeness (QED) is 0.599. The number of hydrogen-bond acceptors (Lipinski definition) is 4. The second-order valence-corrected chi connectivity index (χ2v) is 8.42. The van der Waals surface area contributed by atoms with E-state index in [-0.39, 0.29) is 11.8 Å². The van der Waals surface area contributed by atoms with Crippen molar-refractivity contribution in [1.82, 2.24) is 14.8 Å². The molecule has 0 saturated heterocycles. The molecule has 1 aromatic carbocycles. The standard InChI is InChI=1S/C16H22ClN3O.C6H10O2/c1-15(2,3)16(21,10-20-12-18-11-19-20)9-8-13-4-6-14(17)7-5-13;1-2-3-4-5-6(7)8/h4-7,11-12,21H,8-10H2,1-3H3;3-4H,2,5H2,1H3,(H,7,8)/b;4-3+. The van der Waals surface area contributed by atoms with E-state index in [0.717, 1.165) is 17.9 Å². The maximum atomic E-state index is 11.1. The molecule has 29 heavy (non-hydrogen) atoms. The summed E-state index contributed by atoms with van der Waals surface area (Å²) in [6, 6.07) is 7.76. The Balaban J connectivity index is 0.000000447. The number of aliphatic hydroxyl groups is 1. The third-order valence-electron chi connectivity index (χ3n) is 4.72. The number of carboxylic acids is 1. The Kier molecular flexibility index (Phi) is 10.1. The van der Waals surface area contributed by atoms with E-state index in [2.05, 4.69) is 10.1 Å². The molecule has 2 rings (SSSR count). The number of benzene rings is 1. The lowest BCUT2D eigenvalue weighted by Gasteiger charge is -2.40. The molecule has 0 radical (unpaired) electrons. The lowest BCUT2D eigenvalue weighted by atomic mass is 9.73. The van der Waals surface area contributed by atoms with Crippen LogP contribution in [0.4, 0.5) is 0 Å². The highest BCUT2D eigenvalue weighted by Crippen LogP contribution is 2.35. The maximum Gasteiger partial charge on any atom is 0.307 e. The van der Waals surface area contributed by atoms with Gasteiger partial charge in [-0.3, -0.25) is 9.48 Å². The smallest absolute Gasteiger partial charge is 0.307 e. The minimum absolute atomic E-state index is 0.147. The van der Waals surface area contributed by atoms with E-state index < -0.39 is 11.6 Å². The van der Waals surface area contributed by atoms with E-state index in [0.29, 0.717) is 13.0 Å². The molecular weight excluding hydrogens is 390 g/mol. The predicted molar refractivity (Wildman–Crippen MR) is 116 cm³/mol. The topological polar surface area (TPSA) is 88.2 Å². The van der Waals surface area contributed by atoms with Gasteiger partial charge in [0.25, 0.3) is 0 Å². The molecule has 0 bridgehead atoms. The van der Waals surface area contributed by atoms with Crippen molar-refractivity contribution in [3.05, 3.63) is 59.7 Å². The summed E-state index contributed by atoms with van der Waals surface area (Å²) in [4.78, 5) is 13.8. The number of rotatable bonds is 8. The van der Waals surface area contributed by atoms with Crippen LogP contribution in [0.3, 0.4) is 0 Å². The maximum absolute atomic E-state index is 11.1. The fraction of sp³-hybridized carbons (Fsp3) is 0.500. The van der Waals surface area contributed by atoms with E-state index in [1.165, 1.54) is 11.9 Å². The summed E-state index contributed by atoms with van der Waals surface area (Å²) in [6.07, 6.45) is 9.12. The summed E-state index contributed by atoms with van der Waals surface area (Å²) in [5.74, 6) is -0.769. The first-order chi connectivity index (χ1) is 13.6. The molecule has 0 fully saturated rings. The highest BCUT2D eigenvalue weighted by molar-refractivity contribution is 6.30. The average Bonchev–Trinajstić information content (AvgIpc) is 3.14. The summed E-state index contributed by atoms with van der Waals surface area (Å²) in [5.41, 5.74) is 0.0479. The van der Waals surface area contributed by atoms with Crippen LogP contribution < -0.4 is 0 Å². The lowest BCUT2D eigenvalue weighted by molar-refractivity contribution is -0.136. The molecule has 160 valence electrons. The van der Waals surface area contributed by atoms with Crippen molar-refractivity contribution in [3.63, 3.8) is 0 Å². The Hall–Kier alpha value is -2.18. The lowest BCUT2D eigenvalue weighted by Crippen LogP contribution is -2.47. The number of aromatic nitrogens is 3. The first-order valence-electron chi connectivity index (χ1n) is 9.73. The van der Waals surface area contributed by atoms with Crippen LogP contribution in [0.1, 0.15) is 52.5 Å². The van der Waals surface area contributed by atoms with Gasteiger partial charge in [-0.05, 0) is 42.4 Å². The third-order valence-corrected chi connectivity index (χ3v) is 4.97. The fourth-order valence-electron chi connectivity index (χ4n) is 2.63. The third kappa shape index (κ3) is 9.24. The molecule has 0 aliphatic rings. The van der Waals surface area contributed by atoms with Crippen molar-refractivity contribution in [2.24, 2.45) is 5.41 Å². The second-order valence-electron chi connectivity index (χ2n) is 7.98. The minimum atomic E-state index is -0.861. The van der Waals surface area contributed by atoms with Gasteiger partial charge in [0, 0.05) is 5.02 Å². The van der Waals surface area contributed by atoms with Crippen molar-refractivity contribution in [2.45, 2.75) is 65.5 Å². The zero-order valence-corrected chi connectivity index (χ0v) is 18.4. The largest absolute Gasteiger partial charge is 0.481 e. The summed E-state index contributed by atoms with van der Waals surface area (Å²) < 4.78 is 1.69. The number of hydrogen-bond donors (Lipinski definition) is 2. The van der Waals surface area contributed by atoms with Gasteiger partial charge in [0.05, 0.1) is 18.6 Å². The van der Waals surface area contributed by atoms with Crippen molar-refractivity contribution in [1.29, 1.82) is 0 Å². The Labute approximate surface area is 178 Å². The van der Waals surface area contributed by atoms with Crippen molar-refractivity contribution >= 4 is 17.6 Å². The zero-order valence-electron chi connectivity index (χ0n) is 17.7. The van der Waals surface area contributed by atoms with Crippen LogP contribution in [-0.4, -0.2) is 36.5 Å². The molecule has 2 aromatic rings. The molecule has 0 spiro atoms. The molecule has 0 aliphatic heterocycles. The number of halogens is 1. The van der Waals surface area contributed by atoms with Crippen LogP contribution in [-0.2, 0) is 17.8 Å². The Morgan fingerprint density at radius 2 is 1.86 bits per heavy atom. The van der Waals surface area contributed by atoms with Crippen LogP contribution >= 0.6 is 11.6 Å². The fourth-order valence-corrected chi connectivity index (χ4v) is 2.75. The highest BCUT2D eigenvalue weighted by atomic mass is 35.5. The average molecular weight is 422 g/mol. The van der Waals surface area contributed by atoms with E-state index in [1.807, 2.05) is 58.0 Å². The Morgan fingerprint density at radius 3 is 2.34 bits per heavy atom. The van der Waals surface area contributed by atoms with Gasteiger partial charge in [-0.2, -0.15) is 5.10 Å². The molecule has 0 amide bonds. The number of nitrogens with zero attached hydrogens (tertiary/aromatic N) is 3. The van der Waals surface area contributed by atoms with Crippen LogP contribution in [0.2, 0.25) is 5.02 Å². The number of aliphatic carboxylic acids is 1. The van der Waals surface area contributed by atoms with Gasteiger partial charge < -0.3 is 10.2 Å². The monoisotopic (exact) mass is 421 g/mol. The van der Waals surface area contributed by atoms with Gasteiger partial charge in [-0.1, -0.05) is 63.6 Å². The Bertz CT molecular complexity index is 753. The highest BCUT2D eigenvalue weighted by Gasteiger charge is 2.40. The Morgan fingerprint density at radius 1 is 1.21 bits per heavy atom. The number of aryl methyl sites for hydroxylation is 1. The number of allylic oxidation sites excluding steroid dienone is 1. The molecule has 0 aliphatic carbocycles. The summed E-state index contributed by atoms with van der Waals surface area (Å²) >= 11 is 5.90. The van der Waals surface area contributed by atoms with Crippen LogP contribution in [0.25, 0.3) is 0 Å². The van der Waals surface area contributed by atoms with Gasteiger partial charge >= 0.3 is 5.97 Å². The van der Waals surface area contributed by atoms with Gasteiger partial charge in [0.15, 0.2) is 0 Å². The van der Waals surface area contributed by atoms with Gasteiger partial charge in [-0.25, -0.2) is 4.98 Å². The number of carboxylic acid groups (broad SMARTS) is 1. The summed E-state index contributed by atoms with van der Waals surface area (Å²) in [7, 11) is 0. The van der Waals surface area contributed by atoms with Crippen LogP contribution in [0.15, 0.2) is 49.1 Å². The molecule has 0 saturated carbocycles. The van der Waals surface area contributed by atoms with Crippen LogP contribution in [0.5, 0.6) is 0 Å². The van der Waals surface area contributed by atoms with E-state index in [9.17, 15) is 9.90 Å². The van der Waals surface area contributed by atoms with E-state index in [1.54, 1.807) is 17.1 Å². The summed E-state index contributed by atoms with van der Waals surface area (Å²) in [5, 5.41) is 24.0. The molecule has 7 heteroatoms. The number of carbonyl (C=O) groups is 1. The molecule has 1 atom stereocenters. The predicted octanol–water partition coefficient (Wildman–Crippen LogP) is 4.77. The van der Waals surface area contributed by atoms with Crippen molar-refractivity contribution in [3.8, 4) is 0 Å².